The monoisotopic (exact) mass is 406 g/mol. The van der Waals surface area contributed by atoms with Crippen molar-refractivity contribution in [3.05, 3.63) is 64.1 Å². The van der Waals surface area contributed by atoms with Gasteiger partial charge in [0.2, 0.25) is 11.8 Å². The van der Waals surface area contributed by atoms with Crippen molar-refractivity contribution in [1.82, 2.24) is 10.0 Å². The number of amides is 3. The van der Waals surface area contributed by atoms with Crippen molar-refractivity contribution in [2.24, 2.45) is 0 Å². The summed E-state index contributed by atoms with van der Waals surface area (Å²) in [4.78, 5) is 37.2. The van der Waals surface area contributed by atoms with Crippen LogP contribution in [-0.4, -0.2) is 32.1 Å². The zero-order valence-corrected chi connectivity index (χ0v) is 16.3. The van der Waals surface area contributed by atoms with Gasteiger partial charge in [-0.15, -0.1) is 0 Å². The number of nitrogens with zero attached hydrogens (tertiary/aromatic N) is 2. The highest BCUT2D eigenvalue weighted by Crippen LogP contribution is 2.39. The third-order valence-corrected chi connectivity index (χ3v) is 6.40. The average Bonchev–Trinajstić information content (AvgIpc) is 3.29. The lowest BCUT2D eigenvalue weighted by atomic mass is 10.0. The molecule has 7 heteroatoms. The molecule has 0 saturated carbocycles. The van der Waals surface area contributed by atoms with E-state index in [1.807, 2.05) is 18.2 Å². The van der Waals surface area contributed by atoms with Crippen molar-refractivity contribution in [2.45, 2.75) is 19.3 Å². The summed E-state index contributed by atoms with van der Waals surface area (Å²) in [5.41, 5.74) is 5.88. The van der Waals surface area contributed by atoms with Crippen molar-refractivity contribution >= 4 is 52.1 Å². The second kappa shape index (κ2) is 6.39. The molecule has 2 saturated heterocycles. The number of imide groups is 1. The molecule has 0 spiro atoms. The van der Waals surface area contributed by atoms with E-state index >= 15 is 0 Å². The van der Waals surface area contributed by atoms with Crippen LogP contribution >= 0.6 is 24.0 Å². The smallest absolute Gasteiger partial charge is 0.272 e. The molecule has 2 aromatic carbocycles. The van der Waals surface area contributed by atoms with Gasteiger partial charge < -0.3 is 0 Å². The van der Waals surface area contributed by atoms with Crippen molar-refractivity contribution in [1.29, 1.82) is 0 Å². The van der Waals surface area contributed by atoms with Crippen molar-refractivity contribution in [3.8, 4) is 11.1 Å². The first-order chi connectivity index (χ1) is 13.5. The van der Waals surface area contributed by atoms with E-state index in [-0.39, 0.29) is 17.2 Å². The molecule has 0 atom stereocenters. The fourth-order valence-corrected chi connectivity index (χ4v) is 5.07. The van der Waals surface area contributed by atoms with Gasteiger partial charge >= 0.3 is 0 Å². The summed E-state index contributed by atoms with van der Waals surface area (Å²) in [5, 5.41) is 1.92. The van der Waals surface area contributed by atoms with Gasteiger partial charge in [-0.3, -0.25) is 14.4 Å². The number of fused-ring (bicyclic) bond motifs is 3. The van der Waals surface area contributed by atoms with E-state index in [4.69, 9.17) is 12.2 Å². The maximum atomic E-state index is 12.8. The van der Waals surface area contributed by atoms with Crippen LogP contribution in [0.3, 0.4) is 0 Å². The summed E-state index contributed by atoms with van der Waals surface area (Å²) >= 11 is 6.37. The van der Waals surface area contributed by atoms with E-state index in [2.05, 4.69) is 24.3 Å². The number of carbonyl (C=O) groups excluding carboxylic acids is 3. The summed E-state index contributed by atoms with van der Waals surface area (Å²) in [6.45, 7) is 0. The molecule has 5 rings (SSSR count). The second-order valence-electron chi connectivity index (χ2n) is 6.84. The van der Waals surface area contributed by atoms with Crippen molar-refractivity contribution in [2.75, 3.05) is 0 Å². The van der Waals surface area contributed by atoms with E-state index in [9.17, 15) is 14.4 Å². The standard InChI is InChI=1S/C21H14N2O3S2/c24-18-7-8-19(25)22(18)23-20(26)17(28-21(23)27)10-12-5-6-16-14(9-12)11-13-3-1-2-4-15(13)16/h1-6,9-10H,7-8,11H2/b17-10-. The number of rotatable bonds is 2. The molecule has 3 aliphatic rings. The number of benzene rings is 2. The zero-order valence-electron chi connectivity index (χ0n) is 14.7. The van der Waals surface area contributed by atoms with Crippen LogP contribution in [0.1, 0.15) is 29.5 Å². The van der Waals surface area contributed by atoms with Crippen LogP contribution in [-0.2, 0) is 20.8 Å². The molecule has 3 amide bonds. The van der Waals surface area contributed by atoms with E-state index in [0.29, 0.717) is 4.91 Å². The molecule has 5 nitrogen and oxygen atoms in total. The highest BCUT2D eigenvalue weighted by Gasteiger charge is 2.44. The lowest BCUT2D eigenvalue weighted by molar-refractivity contribution is -0.157. The van der Waals surface area contributed by atoms with Crippen molar-refractivity contribution in [3.63, 3.8) is 0 Å². The minimum absolute atomic E-state index is 0.111. The number of carbonyl (C=O) groups is 3. The quantitative estimate of drug-likeness (QED) is 0.370. The van der Waals surface area contributed by atoms with Crippen LogP contribution in [0.4, 0.5) is 0 Å². The molecular formula is C21H14N2O3S2. The largest absolute Gasteiger partial charge is 0.285 e. The maximum Gasteiger partial charge on any atom is 0.285 e. The summed E-state index contributed by atoms with van der Waals surface area (Å²) < 4.78 is 0.202. The van der Waals surface area contributed by atoms with Crippen LogP contribution < -0.4 is 0 Å². The molecule has 2 heterocycles. The molecule has 2 fully saturated rings. The number of hydrogen-bond donors (Lipinski definition) is 0. The Labute approximate surface area is 171 Å². The van der Waals surface area contributed by atoms with Gasteiger partial charge in [-0.25, -0.2) is 0 Å². The Kier molecular flexibility index (Phi) is 3.96. The molecule has 28 heavy (non-hydrogen) atoms. The van der Waals surface area contributed by atoms with Gasteiger partial charge in [-0.05, 0) is 52.5 Å². The predicted molar refractivity (Wildman–Crippen MR) is 111 cm³/mol. The highest BCUT2D eigenvalue weighted by molar-refractivity contribution is 8.26. The molecular weight excluding hydrogens is 392 g/mol. The van der Waals surface area contributed by atoms with Gasteiger partial charge in [0.25, 0.3) is 5.91 Å². The van der Waals surface area contributed by atoms with E-state index in [0.717, 1.165) is 33.8 Å². The van der Waals surface area contributed by atoms with Crippen LogP contribution in [0, 0.1) is 0 Å². The van der Waals surface area contributed by atoms with Crippen LogP contribution in [0.25, 0.3) is 17.2 Å². The van der Waals surface area contributed by atoms with Crippen LogP contribution in [0.2, 0.25) is 0 Å². The minimum atomic E-state index is -0.428. The summed E-state index contributed by atoms with van der Waals surface area (Å²) in [5.74, 6) is -1.21. The fraction of sp³-hybridized carbons (Fsp3) is 0.143. The van der Waals surface area contributed by atoms with Crippen LogP contribution in [0.15, 0.2) is 47.4 Å². The SMILES string of the molecule is O=C1CCC(=O)N1N1C(=O)/C(=C/c2ccc3c(c2)Cc2ccccc2-3)SC1=S. The molecule has 138 valence electrons. The van der Waals surface area contributed by atoms with Crippen molar-refractivity contribution < 1.29 is 14.4 Å². The molecule has 0 N–H and O–H groups in total. The molecule has 0 unspecified atom stereocenters. The lowest BCUT2D eigenvalue weighted by Crippen LogP contribution is -2.48. The number of thioether (sulfide) groups is 1. The van der Waals surface area contributed by atoms with Crippen LogP contribution in [0.5, 0.6) is 0 Å². The number of hydrazine groups is 1. The molecule has 2 aliphatic heterocycles. The molecule has 2 aromatic rings. The molecule has 1 aliphatic carbocycles. The van der Waals surface area contributed by atoms with Gasteiger partial charge in [0, 0.05) is 12.8 Å². The van der Waals surface area contributed by atoms with Gasteiger partial charge in [0.05, 0.1) is 4.91 Å². The Morgan fingerprint density at radius 2 is 1.61 bits per heavy atom. The Morgan fingerprint density at radius 3 is 2.39 bits per heavy atom. The first-order valence-electron chi connectivity index (χ1n) is 8.88. The zero-order chi connectivity index (χ0) is 19.4. The third-order valence-electron chi connectivity index (χ3n) is 5.11. The van der Waals surface area contributed by atoms with Gasteiger partial charge in [0.15, 0.2) is 4.32 Å². The summed E-state index contributed by atoms with van der Waals surface area (Å²) in [7, 11) is 0. The normalized spacial score (nSPS) is 19.8. The molecule has 0 radical (unpaired) electrons. The number of thiocarbonyl (C=S) groups is 1. The Balaban J connectivity index is 1.45. The van der Waals surface area contributed by atoms with E-state index in [1.165, 1.54) is 22.3 Å². The average molecular weight is 406 g/mol. The first-order valence-corrected chi connectivity index (χ1v) is 10.1. The van der Waals surface area contributed by atoms with Gasteiger partial charge in [-0.2, -0.15) is 10.0 Å². The predicted octanol–water partition coefficient (Wildman–Crippen LogP) is 3.52. The van der Waals surface area contributed by atoms with Gasteiger partial charge in [-0.1, -0.05) is 54.2 Å². The minimum Gasteiger partial charge on any atom is -0.272 e. The molecule has 0 bridgehead atoms. The fourth-order valence-electron chi connectivity index (χ4n) is 3.83. The van der Waals surface area contributed by atoms with E-state index < -0.39 is 17.7 Å². The Hall–Kier alpha value is -2.77. The third kappa shape index (κ3) is 2.62. The first kappa shape index (κ1) is 17.3. The van der Waals surface area contributed by atoms with E-state index in [1.54, 1.807) is 6.08 Å². The topological polar surface area (TPSA) is 57.7 Å². The highest BCUT2D eigenvalue weighted by atomic mass is 32.2. The Morgan fingerprint density at radius 1 is 0.893 bits per heavy atom. The maximum absolute atomic E-state index is 12.8. The lowest BCUT2D eigenvalue weighted by Gasteiger charge is -2.23. The van der Waals surface area contributed by atoms with Gasteiger partial charge in [0.1, 0.15) is 0 Å². The molecule has 0 aromatic heterocycles. The Bertz CT molecular complexity index is 1110. The summed E-state index contributed by atoms with van der Waals surface area (Å²) in [6.07, 6.45) is 2.86. The summed E-state index contributed by atoms with van der Waals surface area (Å²) in [6, 6.07) is 14.4. The number of hydrogen-bond acceptors (Lipinski definition) is 5. The second-order valence-corrected chi connectivity index (χ2v) is 8.52.